The van der Waals surface area contributed by atoms with Crippen LogP contribution >= 0.6 is 37.0 Å². The standard InChI is InChI=1S/C12H20O23S4/c13-1-3-5(14)6(4(24-3)2-23-36-33-30-17)25-12-10(29-39(20,21)22)8(28-38-35-32-19)7(27-37-34-31-18)9(26-12)11(15)16/h3-10,12-14,17-19H,1-2H2,(H,15,16)(H,20,21,22)/p-3. The van der Waals surface area contributed by atoms with Gasteiger partial charge in [-0.3, -0.25) is 27.7 Å². The van der Waals surface area contributed by atoms with Crippen molar-refractivity contribution in [2.24, 2.45) is 0 Å². The number of hydrogen-bond acceptors (Lipinski definition) is 25. The fourth-order valence-corrected chi connectivity index (χ4v) is 4.73. The molecule has 2 aliphatic heterocycles. The largest absolute Gasteiger partial charge is 0.691 e. The van der Waals surface area contributed by atoms with Gasteiger partial charge in [0.2, 0.25) is 0 Å². The molecule has 230 valence electrons. The molecule has 39 heavy (non-hydrogen) atoms. The number of hydrogen-bond donors (Lipinski definition) is 2. The minimum Gasteiger partial charge on any atom is -0.691 e. The van der Waals surface area contributed by atoms with Crippen LogP contribution in [0.25, 0.3) is 0 Å². The van der Waals surface area contributed by atoms with Gasteiger partial charge in [0.25, 0.3) is 0 Å². The van der Waals surface area contributed by atoms with E-state index >= 15 is 0 Å². The zero-order valence-corrected chi connectivity index (χ0v) is 21.6. The summed E-state index contributed by atoms with van der Waals surface area (Å²) in [6.07, 6.45) is -16.8. The Labute approximate surface area is 229 Å². The van der Waals surface area contributed by atoms with E-state index in [1.165, 1.54) is 0 Å². The fourth-order valence-electron chi connectivity index (χ4n) is 3.27. The van der Waals surface area contributed by atoms with Gasteiger partial charge in [-0.25, -0.2) is 0 Å². The van der Waals surface area contributed by atoms with Crippen molar-refractivity contribution < 1.29 is 108 Å². The van der Waals surface area contributed by atoms with E-state index in [0.717, 1.165) is 0 Å². The number of ether oxygens (including phenoxy) is 3. The molecule has 23 nitrogen and oxygen atoms in total. The molecule has 4 N–H and O–H groups in total. The third-order valence-corrected chi connectivity index (χ3v) is 6.26. The molecule has 2 rings (SSSR count). The molecule has 9 atom stereocenters. The summed E-state index contributed by atoms with van der Waals surface area (Å²) in [5.74, 6) is -2.05. The first-order valence-electron chi connectivity index (χ1n) is 9.54. The molecule has 0 aromatic carbocycles. The molecule has 0 amide bonds. The maximum absolute atomic E-state index is 11.8. The molecule has 0 spiro atoms. The average Bonchev–Trinajstić information content (AvgIpc) is 3.17. The van der Waals surface area contributed by atoms with E-state index < -0.39 is 84.7 Å². The average molecular weight is 658 g/mol. The van der Waals surface area contributed by atoms with Gasteiger partial charge < -0.3 is 54.6 Å². The van der Waals surface area contributed by atoms with Crippen molar-refractivity contribution in [3.63, 3.8) is 0 Å². The molecular formula is C12H17O23S4-3. The number of carboxylic acids is 1. The van der Waals surface area contributed by atoms with Gasteiger partial charge in [-0.1, -0.05) is 0 Å². The fraction of sp³-hybridized carbons (Fsp3) is 0.917. The quantitative estimate of drug-likeness (QED) is 0.0428. The van der Waals surface area contributed by atoms with Crippen LogP contribution in [0.15, 0.2) is 0 Å². The molecule has 2 saturated heterocycles. The molecule has 0 saturated carbocycles. The molecule has 2 aliphatic rings. The maximum atomic E-state index is 11.8. The van der Waals surface area contributed by atoms with Gasteiger partial charge in [0.1, 0.15) is 42.7 Å². The summed E-state index contributed by atoms with van der Waals surface area (Å²) in [5, 5.41) is 71.1. The first kappa shape index (κ1) is 34.9. The lowest BCUT2D eigenvalue weighted by Crippen LogP contribution is -2.65. The lowest BCUT2D eigenvalue weighted by atomic mass is 9.98. The summed E-state index contributed by atoms with van der Waals surface area (Å²) in [7, 11) is -5.19. The topological polar surface area (TPSA) is 327 Å². The van der Waals surface area contributed by atoms with Crippen LogP contribution in [0.5, 0.6) is 0 Å². The van der Waals surface area contributed by atoms with Crippen molar-refractivity contribution in [1.82, 2.24) is 0 Å². The van der Waals surface area contributed by atoms with Gasteiger partial charge in [0.05, 0.1) is 19.2 Å². The Bertz CT molecular complexity index is 819. The highest BCUT2D eigenvalue weighted by molar-refractivity contribution is 7.90. The Morgan fingerprint density at radius 3 is 2.03 bits per heavy atom. The second-order valence-corrected chi connectivity index (χ2v) is 9.30. The first-order valence-corrected chi connectivity index (χ1v) is 12.9. The molecule has 2 heterocycles. The summed E-state index contributed by atoms with van der Waals surface area (Å²) in [4.78, 5) is 11.8. The number of carbonyl (C=O) groups excluding carboxylic acids is 1. The minimum absolute atomic E-state index is 0.0347. The molecule has 0 bridgehead atoms. The SMILES string of the molecule is O=C([O-])C1OC(OC2C(COSOO[O-])OC(CO)C2O)C(OS(=O)(=O)[OH2+])C(OSOO[O-])C1OSOO[O-]. The Morgan fingerprint density at radius 1 is 0.897 bits per heavy atom. The number of aliphatic hydroxyl groups excluding tert-OH is 2. The van der Waals surface area contributed by atoms with Crippen LogP contribution in [0.2, 0.25) is 0 Å². The lowest BCUT2D eigenvalue weighted by Gasteiger charge is -2.44. The molecular weight excluding hydrogens is 640 g/mol. The zero-order chi connectivity index (χ0) is 29.0. The van der Waals surface area contributed by atoms with Crippen molar-refractivity contribution in [2.75, 3.05) is 13.2 Å². The van der Waals surface area contributed by atoms with Gasteiger partial charge in [0.15, 0.2) is 49.4 Å². The van der Waals surface area contributed by atoms with E-state index in [9.17, 15) is 44.3 Å². The van der Waals surface area contributed by atoms with Gasteiger partial charge in [-0.2, -0.15) is 4.18 Å². The van der Waals surface area contributed by atoms with Crippen LogP contribution < -0.4 is 20.9 Å². The first-order chi connectivity index (χ1) is 18.6. The van der Waals surface area contributed by atoms with E-state index in [4.69, 9.17) is 31.3 Å². The predicted molar refractivity (Wildman–Crippen MR) is 103 cm³/mol. The van der Waals surface area contributed by atoms with Gasteiger partial charge in [-0.15, -0.1) is 21.4 Å². The highest BCUT2D eigenvalue weighted by Gasteiger charge is 2.55. The van der Waals surface area contributed by atoms with Crippen molar-refractivity contribution in [3.05, 3.63) is 0 Å². The Balaban J connectivity index is 2.40. The second kappa shape index (κ2) is 17.6. The molecule has 0 aliphatic carbocycles. The van der Waals surface area contributed by atoms with E-state index in [1.54, 1.807) is 0 Å². The smallest absolute Gasteiger partial charge is 0.529 e. The number of carbonyl (C=O) groups is 1. The van der Waals surface area contributed by atoms with Crippen LogP contribution in [0.4, 0.5) is 0 Å². The molecule has 2 fully saturated rings. The van der Waals surface area contributed by atoms with Crippen LogP contribution in [0.3, 0.4) is 0 Å². The summed E-state index contributed by atoms with van der Waals surface area (Å²) in [5.41, 5.74) is 0. The summed E-state index contributed by atoms with van der Waals surface area (Å²) >= 11 is -0.530. The maximum Gasteiger partial charge on any atom is 0.529 e. The van der Waals surface area contributed by atoms with E-state index in [2.05, 4.69) is 32.3 Å². The zero-order valence-electron chi connectivity index (χ0n) is 18.3. The third-order valence-electron chi connectivity index (χ3n) is 4.62. The van der Waals surface area contributed by atoms with Crippen molar-refractivity contribution in [3.8, 4) is 0 Å². The van der Waals surface area contributed by atoms with Crippen LogP contribution in [-0.2, 0) is 74.3 Å². The number of carboxylic acid groups (broad SMARTS) is 1. The summed E-state index contributed by atoms with van der Waals surface area (Å²) in [6, 6.07) is 0. The molecule has 0 radical (unpaired) electrons. The van der Waals surface area contributed by atoms with E-state index in [0.29, 0.717) is 0 Å². The number of rotatable bonds is 19. The van der Waals surface area contributed by atoms with Gasteiger partial charge in [-0.05, 0) is 0 Å². The van der Waals surface area contributed by atoms with E-state index in [1.807, 2.05) is 0 Å². The van der Waals surface area contributed by atoms with Gasteiger partial charge in [0, 0.05) is 0 Å². The van der Waals surface area contributed by atoms with Crippen LogP contribution in [-0.4, -0.2) is 97.5 Å². The van der Waals surface area contributed by atoms with Crippen molar-refractivity contribution >= 4 is 53.3 Å². The van der Waals surface area contributed by atoms with Crippen molar-refractivity contribution in [2.45, 2.75) is 55.1 Å². The van der Waals surface area contributed by atoms with E-state index in [-0.39, 0.29) is 37.0 Å². The van der Waals surface area contributed by atoms with Gasteiger partial charge >= 0.3 is 10.4 Å². The summed E-state index contributed by atoms with van der Waals surface area (Å²) < 4.78 is 77.6. The Kier molecular flexibility index (Phi) is 15.8. The molecule has 27 heteroatoms. The highest BCUT2D eigenvalue weighted by atomic mass is 32.3. The number of aliphatic carboxylic acids is 1. The minimum atomic E-state index is -5.19. The van der Waals surface area contributed by atoms with Crippen molar-refractivity contribution in [1.29, 1.82) is 0 Å². The summed E-state index contributed by atoms with van der Waals surface area (Å²) in [6.45, 7) is -1.33. The molecule has 0 aromatic heterocycles. The molecule has 0 aromatic rings. The predicted octanol–water partition coefficient (Wildman–Crippen LogP) is -7.53. The van der Waals surface area contributed by atoms with Crippen LogP contribution in [0.1, 0.15) is 0 Å². The lowest BCUT2D eigenvalue weighted by molar-refractivity contribution is -0.778. The van der Waals surface area contributed by atoms with Crippen LogP contribution in [0, 0.1) is 0 Å². The second-order valence-electron chi connectivity index (χ2n) is 6.76. The Morgan fingerprint density at radius 2 is 1.49 bits per heavy atom. The molecule has 9 unspecified atom stereocenters. The normalized spacial score (nSPS) is 33.4. The highest BCUT2D eigenvalue weighted by Crippen LogP contribution is 2.36. The third kappa shape index (κ3) is 10.8. The number of aliphatic hydroxyl groups is 2. The Hall–Kier alpha value is -0.290. The monoisotopic (exact) mass is 657 g/mol.